The van der Waals surface area contributed by atoms with Crippen molar-refractivity contribution in [1.82, 2.24) is 19.3 Å². The van der Waals surface area contributed by atoms with Gasteiger partial charge in [-0.3, -0.25) is 10.2 Å². The number of carbonyl (C=O) groups excluding carboxylic acids is 1. The molecule has 0 spiro atoms. The zero-order valence-electron chi connectivity index (χ0n) is 19.7. The molecular weight excluding hydrogens is 495 g/mol. The molecule has 1 unspecified atom stereocenters. The predicted molar refractivity (Wildman–Crippen MR) is 135 cm³/mol. The summed E-state index contributed by atoms with van der Waals surface area (Å²) < 4.78 is 26.0. The van der Waals surface area contributed by atoms with Gasteiger partial charge in [0.2, 0.25) is 0 Å². The standard InChI is InChI=1S/C23H26ClFN6O3S/c1-12(2)29-22(32)16-10-31(35-25)21-20(16)30-18(9-28-21)19(26)15-6-5-13(24)7-17(15)27-8-14-11-33-23(3,4)34-14/h5-7,9-10,12,14,26-27H,8,11H2,1-4H3,(H,29,32). The lowest BCUT2D eigenvalue weighted by atomic mass is 10.0. The average Bonchev–Trinajstić information content (AvgIpc) is 3.35. The van der Waals surface area contributed by atoms with Crippen LogP contribution in [-0.2, 0) is 9.47 Å². The molecule has 0 radical (unpaired) electrons. The molecule has 0 bridgehead atoms. The molecule has 1 aliphatic rings. The third-order valence-electron chi connectivity index (χ3n) is 5.30. The number of nitrogens with one attached hydrogen (secondary N) is 3. The highest BCUT2D eigenvalue weighted by atomic mass is 35.5. The van der Waals surface area contributed by atoms with E-state index in [1.54, 1.807) is 18.2 Å². The monoisotopic (exact) mass is 520 g/mol. The van der Waals surface area contributed by atoms with Gasteiger partial charge in [0.1, 0.15) is 17.3 Å². The minimum Gasteiger partial charge on any atom is -0.382 e. The summed E-state index contributed by atoms with van der Waals surface area (Å²) in [6.45, 7) is 8.25. The van der Waals surface area contributed by atoms with Gasteiger partial charge in [-0.2, -0.15) is 0 Å². The number of carbonyl (C=O) groups is 1. The number of rotatable bonds is 8. The van der Waals surface area contributed by atoms with Crippen molar-refractivity contribution in [3.05, 3.63) is 52.4 Å². The van der Waals surface area contributed by atoms with Crippen LogP contribution in [-0.4, -0.2) is 56.6 Å². The van der Waals surface area contributed by atoms with Crippen molar-refractivity contribution in [3.63, 3.8) is 0 Å². The fourth-order valence-electron chi connectivity index (χ4n) is 3.75. The first kappa shape index (κ1) is 25.4. The molecule has 1 aromatic carbocycles. The minimum atomic E-state index is -0.644. The van der Waals surface area contributed by atoms with E-state index in [1.165, 1.54) is 12.4 Å². The van der Waals surface area contributed by atoms with Crippen molar-refractivity contribution in [2.45, 2.75) is 45.6 Å². The zero-order valence-corrected chi connectivity index (χ0v) is 21.3. The number of fused-ring (bicyclic) bond motifs is 1. The number of amides is 1. The number of benzene rings is 1. The Morgan fingerprint density at radius 2 is 2.17 bits per heavy atom. The van der Waals surface area contributed by atoms with E-state index in [9.17, 15) is 8.68 Å². The average molecular weight is 521 g/mol. The molecule has 186 valence electrons. The van der Waals surface area contributed by atoms with Gasteiger partial charge >= 0.3 is 0 Å². The summed E-state index contributed by atoms with van der Waals surface area (Å²) >= 11 is 6.14. The Kier molecular flexibility index (Phi) is 7.32. The number of hydrogen-bond acceptors (Lipinski definition) is 8. The second kappa shape index (κ2) is 10.1. The Balaban J connectivity index is 1.65. The largest absolute Gasteiger partial charge is 0.382 e. The van der Waals surface area contributed by atoms with E-state index < -0.39 is 11.7 Å². The van der Waals surface area contributed by atoms with E-state index in [0.717, 1.165) is 3.97 Å². The molecule has 1 amide bonds. The molecule has 9 nitrogen and oxygen atoms in total. The van der Waals surface area contributed by atoms with Gasteiger partial charge < -0.3 is 20.1 Å². The molecule has 0 aliphatic carbocycles. The third-order valence-corrected chi connectivity index (χ3v) is 5.96. The van der Waals surface area contributed by atoms with Crippen molar-refractivity contribution >= 4 is 52.4 Å². The maximum atomic E-state index is 13.5. The number of nitrogens with zero attached hydrogens (tertiary/aromatic N) is 3. The highest BCUT2D eigenvalue weighted by Crippen LogP contribution is 2.28. The Hall–Kier alpha value is -2.73. The Labute approximate surface area is 211 Å². The first-order valence-corrected chi connectivity index (χ1v) is 12.1. The minimum absolute atomic E-state index is 0.0679. The Morgan fingerprint density at radius 3 is 2.83 bits per heavy atom. The van der Waals surface area contributed by atoms with Crippen LogP contribution in [0.5, 0.6) is 0 Å². The lowest BCUT2D eigenvalue weighted by molar-refractivity contribution is -0.136. The topological polar surface area (TPSA) is 114 Å². The number of hydrogen-bond donors (Lipinski definition) is 3. The molecule has 35 heavy (non-hydrogen) atoms. The van der Waals surface area contributed by atoms with Crippen molar-refractivity contribution in [2.75, 3.05) is 18.5 Å². The molecule has 3 N–H and O–H groups in total. The molecule has 1 aliphatic heterocycles. The van der Waals surface area contributed by atoms with Crippen molar-refractivity contribution in [3.8, 4) is 0 Å². The quantitative estimate of drug-likeness (QED) is 0.372. The molecular formula is C23H26ClFN6O3S. The number of ether oxygens (including phenoxy) is 2. The summed E-state index contributed by atoms with van der Waals surface area (Å²) in [6, 6.07) is 4.99. The van der Waals surface area contributed by atoms with Crippen LogP contribution in [0.25, 0.3) is 11.2 Å². The van der Waals surface area contributed by atoms with Gasteiger partial charge in [0.25, 0.3) is 5.91 Å². The van der Waals surface area contributed by atoms with Gasteiger partial charge in [-0.1, -0.05) is 11.6 Å². The Morgan fingerprint density at radius 1 is 1.40 bits per heavy atom. The summed E-state index contributed by atoms with van der Waals surface area (Å²) in [4.78, 5) is 21.5. The normalized spacial score (nSPS) is 17.2. The second-order valence-corrected chi connectivity index (χ2v) is 9.86. The van der Waals surface area contributed by atoms with Crippen LogP contribution < -0.4 is 10.6 Å². The first-order chi connectivity index (χ1) is 16.6. The molecule has 12 heteroatoms. The number of halogens is 2. The maximum Gasteiger partial charge on any atom is 0.255 e. The van der Waals surface area contributed by atoms with Crippen LogP contribution in [0, 0.1) is 5.41 Å². The van der Waals surface area contributed by atoms with E-state index in [2.05, 4.69) is 20.6 Å². The van der Waals surface area contributed by atoms with Gasteiger partial charge in [-0.25, -0.2) is 13.9 Å². The van der Waals surface area contributed by atoms with E-state index in [1.807, 2.05) is 27.7 Å². The van der Waals surface area contributed by atoms with Gasteiger partial charge in [0.15, 0.2) is 23.8 Å². The molecule has 1 saturated heterocycles. The van der Waals surface area contributed by atoms with Crippen LogP contribution in [0.2, 0.25) is 5.02 Å². The predicted octanol–water partition coefficient (Wildman–Crippen LogP) is 4.58. The summed E-state index contributed by atoms with van der Waals surface area (Å²) in [5.74, 6) is -1.04. The van der Waals surface area contributed by atoms with Crippen LogP contribution in [0.1, 0.15) is 49.3 Å². The molecule has 1 fully saturated rings. The molecule has 1 atom stereocenters. The third kappa shape index (κ3) is 5.58. The lowest BCUT2D eigenvalue weighted by Gasteiger charge is -2.18. The fourth-order valence-corrected chi connectivity index (χ4v) is 4.27. The van der Waals surface area contributed by atoms with Gasteiger partial charge in [-0.05, 0) is 45.9 Å². The highest BCUT2D eigenvalue weighted by Gasteiger charge is 2.32. The van der Waals surface area contributed by atoms with Gasteiger partial charge in [0.05, 0.1) is 24.1 Å². The highest BCUT2D eigenvalue weighted by molar-refractivity contribution is 7.92. The second-order valence-electron chi connectivity index (χ2n) is 8.89. The van der Waals surface area contributed by atoms with E-state index >= 15 is 0 Å². The summed E-state index contributed by atoms with van der Waals surface area (Å²) in [6.07, 6.45) is 2.57. The Bertz CT molecular complexity index is 1280. The van der Waals surface area contributed by atoms with Gasteiger partial charge in [0, 0.05) is 35.1 Å². The van der Waals surface area contributed by atoms with E-state index in [0.29, 0.717) is 29.4 Å². The smallest absolute Gasteiger partial charge is 0.255 e. The van der Waals surface area contributed by atoms with Crippen LogP contribution >= 0.6 is 23.9 Å². The molecule has 3 heterocycles. The molecule has 0 saturated carbocycles. The maximum absolute atomic E-state index is 13.5. The van der Waals surface area contributed by atoms with Gasteiger partial charge in [-0.15, -0.1) is 3.89 Å². The summed E-state index contributed by atoms with van der Waals surface area (Å²) in [5, 5.41) is 15.4. The van der Waals surface area contributed by atoms with E-state index in [-0.39, 0.29) is 52.6 Å². The van der Waals surface area contributed by atoms with Crippen molar-refractivity contribution < 1.29 is 18.2 Å². The van der Waals surface area contributed by atoms with Crippen LogP contribution in [0.3, 0.4) is 0 Å². The van der Waals surface area contributed by atoms with E-state index in [4.69, 9.17) is 26.5 Å². The number of aromatic nitrogens is 3. The zero-order chi connectivity index (χ0) is 25.3. The lowest BCUT2D eigenvalue weighted by Crippen LogP contribution is -2.30. The molecule has 2 aromatic heterocycles. The molecule has 3 aromatic rings. The molecule has 4 rings (SSSR count). The summed E-state index contributed by atoms with van der Waals surface area (Å²) in [7, 11) is 0. The van der Waals surface area contributed by atoms with Crippen LogP contribution in [0.4, 0.5) is 9.57 Å². The van der Waals surface area contributed by atoms with Crippen LogP contribution in [0.15, 0.2) is 30.6 Å². The van der Waals surface area contributed by atoms with Crippen molar-refractivity contribution in [2.24, 2.45) is 0 Å². The summed E-state index contributed by atoms with van der Waals surface area (Å²) in [5.41, 5.74) is 2.02. The SMILES string of the molecule is CC(C)NC(=O)c1cn(SF)c2ncc(C(=N)c3ccc(Cl)cc3NCC3COC(C)(C)O3)nc12. The van der Waals surface area contributed by atoms with Crippen molar-refractivity contribution in [1.29, 1.82) is 5.41 Å². The number of anilines is 1. The first-order valence-electron chi connectivity index (χ1n) is 11.0. The fraction of sp³-hybridized carbons (Fsp3) is 0.391.